The summed E-state index contributed by atoms with van der Waals surface area (Å²) in [4.78, 5) is 38.3. The third kappa shape index (κ3) is 65.3. The Kier molecular flexibility index (Phi) is 64.2. The van der Waals surface area contributed by atoms with Gasteiger partial charge in [0.15, 0.2) is 6.10 Å². The SMILES string of the molecule is CC/C=C\C/C=C\C/C=C\CCCCCCCCCC(=O)OC(COC(=O)CCCCCCC/C=C\CCCC)COC(=O)CCCCCCCCCCCCCCCCCCCC/C=C\C/C=C\C/C=C\CCCCCCC. The molecule has 0 spiro atoms. The summed E-state index contributed by atoms with van der Waals surface area (Å²) in [5.74, 6) is -0.887. The van der Waals surface area contributed by atoms with Gasteiger partial charge in [-0.05, 0) is 109 Å². The molecule has 79 heavy (non-hydrogen) atoms. The summed E-state index contributed by atoms with van der Waals surface area (Å²) in [6.45, 7) is 6.50. The van der Waals surface area contributed by atoms with E-state index in [1.165, 1.54) is 199 Å². The molecule has 0 radical (unpaired) electrons. The van der Waals surface area contributed by atoms with E-state index in [0.29, 0.717) is 19.3 Å². The van der Waals surface area contributed by atoms with Crippen molar-refractivity contribution in [2.45, 2.75) is 348 Å². The van der Waals surface area contributed by atoms with Crippen molar-refractivity contribution in [3.63, 3.8) is 0 Å². The Hall–Kier alpha value is -3.41. The van der Waals surface area contributed by atoms with E-state index < -0.39 is 6.10 Å². The van der Waals surface area contributed by atoms with E-state index in [1.807, 2.05) is 0 Å². The number of hydrogen-bond acceptors (Lipinski definition) is 6. The van der Waals surface area contributed by atoms with Gasteiger partial charge in [-0.25, -0.2) is 0 Å². The summed E-state index contributed by atoms with van der Waals surface area (Å²) < 4.78 is 16.9. The molecule has 1 atom stereocenters. The fraction of sp³-hybridized carbons (Fsp3) is 0.767. The highest BCUT2D eigenvalue weighted by molar-refractivity contribution is 5.71. The van der Waals surface area contributed by atoms with Gasteiger partial charge in [-0.15, -0.1) is 0 Å². The van der Waals surface area contributed by atoms with E-state index in [9.17, 15) is 14.4 Å². The lowest BCUT2D eigenvalue weighted by Crippen LogP contribution is -2.30. The second-order valence-electron chi connectivity index (χ2n) is 22.7. The molecule has 0 aromatic carbocycles. The molecule has 6 nitrogen and oxygen atoms in total. The van der Waals surface area contributed by atoms with Crippen molar-refractivity contribution in [1.29, 1.82) is 0 Å². The third-order valence-corrected chi connectivity index (χ3v) is 14.9. The maximum Gasteiger partial charge on any atom is 0.306 e. The van der Waals surface area contributed by atoms with Crippen LogP contribution in [0.2, 0.25) is 0 Å². The van der Waals surface area contributed by atoms with Crippen LogP contribution in [0.3, 0.4) is 0 Å². The van der Waals surface area contributed by atoms with Crippen LogP contribution in [0.5, 0.6) is 0 Å². The molecule has 0 aliphatic rings. The van der Waals surface area contributed by atoms with Crippen molar-refractivity contribution < 1.29 is 28.6 Å². The first kappa shape index (κ1) is 75.6. The number of unbranched alkanes of at least 4 members (excludes halogenated alkanes) is 37. The predicted octanol–water partition coefficient (Wildman–Crippen LogP) is 23.4. The van der Waals surface area contributed by atoms with Gasteiger partial charge in [-0.1, -0.05) is 298 Å². The Balaban J connectivity index is 4.12. The first-order chi connectivity index (χ1) is 39.0. The molecular weight excluding hydrogens is 973 g/mol. The minimum Gasteiger partial charge on any atom is -0.462 e. The maximum absolute atomic E-state index is 12.9. The summed E-state index contributed by atoms with van der Waals surface area (Å²) in [6.07, 6.45) is 89.1. The normalized spacial score (nSPS) is 12.6. The van der Waals surface area contributed by atoms with Crippen molar-refractivity contribution in [2.24, 2.45) is 0 Å². The van der Waals surface area contributed by atoms with E-state index in [-0.39, 0.29) is 31.1 Å². The number of hydrogen-bond donors (Lipinski definition) is 0. The molecule has 0 amide bonds. The molecular formula is C73H128O6. The van der Waals surface area contributed by atoms with Crippen molar-refractivity contribution >= 4 is 17.9 Å². The molecule has 456 valence electrons. The zero-order valence-corrected chi connectivity index (χ0v) is 52.4. The molecule has 6 heteroatoms. The maximum atomic E-state index is 12.9. The lowest BCUT2D eigenvalue weighted by molar-refractivity contribution is -0.167. The molecule has 0 aliphatic carbocycles. The average Bonchev–Trinajstić information content (AvgIpc) is 3.45. The second-order valence-corrected chi connectivity index (χ2v) is 22.7. The zero-order chi connectivity index (χ0) is 57.1. The summed E-state index contributed by atoms with van der Waals surface area (Å²) in [5, 5.41) is 0. The first-order valence-corrected chi connectivity index (χ1v) is 34.1. The van der Waals surface area contributed by atoms with Crippen LogP contribution in [0.4, 0.5) is 0 Å². The van der Waals surface area contributed by atoms with Crippen LogP contribution in [0.25, 0.3) is 0 Å². The minimum atomic E-state index is -0.784. The van der Waals surface area contributed by atoms with Crippen LogP contribution in [0, 0.1) is 0 Å². The molecule has 0 aliphatic heterocycles. The number of carbonyl (C=O) groups is 3. The summed E-state index contributed by atoms with van der Waals surface area (Å²) in [6, 6.07) is 0. The van der Waals surface area contributed by atoms with Gasteiger partial charge in [-0.3, -0.25) is 14.4 Å². The van der Waals surface area contributed by atoms with Crippen LogP contribution in [-0.2, 0) is 28.6 Å². The highest BCUT2D eigenvalue weighted by atomic mass is 16.6. The minimum absolute atomic E-state index is 0.0805. The van der Waals surface area contributed by atoms with Crippen LogP contribution < -0.4 is 0 Å². The Morgan fingerprint density at radius 3 is 0.823 bits per heavy atom. The van der Waals surface area contributed by atoms with Gasteiger partial charge in [0.2, 0.25) is 0 Å². The van der Waals surface area contributed by atoms with E-state index in [4.69, 9.17) is 14.2 Å². The molecule has 0 aromatic heterocycles. The molecule has 0 saturated carbocycles. The fourth-order valence-corrected chi connectivity index (χ4v) is 9.74. The van der Waals surface area contributed by atoms with E-state index >= 15 is 0 Å². The van der Waals surface area contributed by atoms with Crippen molar-refractivity contribution in [3.8, 4) is 0 Å². The average molecular weight is 1100 g/mol. The lowest BCUT2D eigenvalue weighted by Gasteiger charge is -2.18. The van der Waals surface area contributed by atoms with E-state index in [0.717, 1.165) is 103 Å². The number of carbonyl (C=O) groups excluding carboxylic acids is 3. The van der Waals surface area contributed by atoms with Crippen LogP contribution in [-0.4, -0.2) is 37.2 Å². The number of esters is 3. The summed E-state index contributed by atoms with van der Waals surface area (Å²) >= 11 is 0. The summed E-state index contributed by atoms with van der Waals surface area (Å²) in [5.41, 5.74) is 0. The second kappa shape index (κ2) is 67.1. The number of rotatable bonds is 62. The zero-order valence-electron chi connectivity index (χ0n) is 52.4. The Labute approximate surface area is 490 Å². The van der Waals surface area contributed by atoms with Gasteiger partial charge in [0.05, 0.1) is 0 Å². The van der Waals surface area contributed by atoms with Crippen molar-refractivity contribution in [1.82, 2.24) is 0 Å². The third-order valence-electron chi connectivity index (χ3n) is 14.9. The molecule has 0 saturated heterocycles. The Morgan fingerprint density at radius 2 is 0.506 bits per heavy atom. The molecule has 1 unspecified atom stereocenters. The molecule has 0 bridgehead atoms. The van der Waals surface area contributed by atoms with Gasteiger partial charge in [0.1, 0.15) is 13.2 Å². The van der Waals surface area contributed by atoms with Crippen molar-refractivity contribution in [3.05, 3.63) is 85.1 Å². The monoisotopic (exact) mass is 1100 g/mol. The fourth-order valence-electron chi connectivity index (χ4n) is 9.74. The van der Waals surface area contributed by atoms with E-state index in [1.54, 1.807) is 0 Å². The standard InChI is InChI=1S/C73H128O6/c1-4-7-10-13-16-19-22-24-26-28-29-30-31-32-33-34-35-36-37-38-39-40-41-42-43-45-46-48-51-54-57-60-63-66-72(75)78-69-70(68-77-71(74)65-62-59-56-53-50-21-18-15-12-9-6-3)79-73(76)67-64-61-58-55-52-49-47-44-27-25-23-20-17-14-11-8-5-2/h8,11,15,17-18,20,22,24-25,27-29,31-32,70H,4-7,9-10,12-14,16,19,21,23,26,30,33-69H2,1-3H3/b11-8-,18-15-,20-17-,24-22-,27-25-,29-28-,32-31-. The summed E-state index contributed by atoms with van der Waals surface area (Å²) in [7, 11) is 0. The molecule has 0 fully saturated rings. The van der Waals surface area contributed by atoms with Gasteiger partial charge in [-0.2, -0.15) is 0 Å². The molecule has 0 aromatic rings. The van der Waals surface area contributed by atoms with Crippen LogP contribution >= 0.6 is 0 Å². The van der Waals surface area contributed by atoms with Crippen LogP contribution in [0.1, 0.15) is 342 Å². The van der Waals surface area contributed by atoms with Gasteiger partial charge in [0, 0.05) is 19.3 Å². The smallest absolute Gasteiger partial charge is 0.306 e. The van der Waals surface area contributed by atoms with Crippen LogP contribution in [0.15, 0.2) is 85.1 Å². The van der Waals surface area contributed by atoms with Gasteiger partial charge < -0.3 is 14.2 Å². The van der Waals surface area contributed by atoms with Gasteiger partial charge in [0.25, 0.3) is 0 Å². The quantitative estimate of drug-likeness (QED) is 0.0261. The van der Waals surface area contributed by atoms with E-state index in [2.05, 4.69) is 106 Å². The largest absolute Gasteiger partial charge is 0.462 e. The predicted molar refractivity (Wildman–Crippen MR) is 344 cm³/mol. The number of ether oxygens (including phenoxy) is 3. The van der Waals surface area contributed by atoms with Gasteiger partial charge >= 0.3 is 17.9 Å². The molecule has 0 heterocycles. The number of allylic oxidation sites excluding steroid dienone is 14. The topological polar surface area (TPSA) is 78.9 Å². The first-order valence-electron chi connectivity index (χ1n) is 34.1. The lowest BCUT2D eigenvalue weighted by atomic mass is 10.0. The molecule has 0 N–H and O–H groups in total. The Bertz CT molecular complexity index is 1500. The highest BCUT2D eigenvalue weighted by Crippen LogP contribution is 2.17. The molecule has 0 rings (SSSR count). The Morgan fingerprint density at radius 1 is 0.266 bits per heavy atom. The highest BCUT2D eigenvalue weighted by Gasteiger charge is 2.19. The van der Waals surface area contributed by atoms with Crippen molar-refractivity contribution in [2.75, 3.05) is 13.2 Å².